The Labute approximate surface area is 176 Å². The molecule has 2 amide bonds. The van der Waals surface area contributed by atoms with Gasteiger partial charge in [0.2, 0.25) is 5.91 Å². The highest BCUT2D eigenvalue weighted by Gasteiger charge is 2.44. The van der Waals surface area contributed by atoms with Gasteiger partial charge in [-0.25, -0.2) is 9.69 Å². The average molecular weight is 409 g/mol. The number of hydrogen-bond donors (Lipinski definition) is 0. The molecule has 158 valence electrons. The molecule has 1 fully saturated rings. The number of hydrogen-bond acceptors (Lipinski definition) is 5. The van der Waals surface area contributed by atoms with Crippen LogP contribution in [0, 0.1) is 5.92 Å². The number of carbonyl (C=O) groups is 3. The highest BCUT2D eigenvalue weighted by Crippen LogP contribution is 2.35. The smallest absolute Gasteiger partial charge is 0.417 e. The predicted molar refractivity (Wildman–Crippen MR) is 112 cm³/mol. The minimum atomic E-state index is -0.666. The fraction of sp³-hybridized carbons (Fsp3) is 0.375. The Morgan fingerprint density at radius 2 is 1.60 bits per heavy atom. The molecule has 0 saturated carbocycles. The monoisotopic (exact) mass is 409 g/mol. The van der Waals surface area contributed by atoms with E-state index in [0.717, 1.165) is 11.1 Å². The summed E-state index contributed by atoms with van der Waals surface area (Å²) < 4.78 is 10.4. The summed E-state index contributed by atoms with van der Waals surface area (Å²) in [4.78, 5) is 39.0. The van der Waals surface area contributed by atoms with Crippen LogP contribution in [0.25, 0.3) is 0 Å². The van der Waals surface area contributed by atoms with Gasteiger partial charge in [0.1, 0.15) is 6.61 Å². The van der Waals surface area contributed by atoms with Crippen LogP contribution in [-0.4, -0.2) is 42.1 Å². The van der Waals surface area contributed by atoms with Gasteiger partial charge in [0.15, 0.2) is 0 Å². The molecule has 2 atom stereocenters. The lowest BCUT2D eigenvalue weighted by atomic mass is 9.84. The zero-order chi connectivity index (χ0) is 21.5. The third-order valence-corrected chi connectivity index (χ3v) is 5.41. The van der Waals surface area contributed by atoms with E-state index in [4.69, 9.17) is 9.47 Å². The molecular weight excluding hydrogens is 382 g/mol. The second-order valence-corrected chi connectivity index (χ2v) is 7.27. The zero-order valence-corrected chi connectivity index (χ0v) is 17.3. The first kappa shape index (κ1) is 21.6. The summed E-state index contributed by atoms with van der Waals surface area (Å²) in [6, 6.07) is 19.0. The number of nitrogens with zero attached hydrogens (tertiary/aromatic N) is 1. The van der Waals surface area contributed by atoms with Crippen LogP contribution < -0.4 is 0 Å². The maximum absolute atomic E-state index is 13.1. The van der Waals surface area contributed by atoms with E-state index in [1.54, 1.807) is 6.92 Å². The molecule has 0 aliphatic carbocycles. The Morgan fingerprint density at radius 1 is 1.03 bits per heavy atom. The fourth-order valence-corrected chi connectivity index (χ4v) is 3.89. The van der Waals surface area contributed by atoms with Gasteiger partial charge in [-0.1, -0.05) is 67.6 Å². The second-order valence-electron chi connectivity index (χ2n) is 7.27. The van der Waals surface area contributed by atoms with Gasteiger partial charge in [0.25, 0.3) is 0 Å². The molecule has 0 spiro atoms. The number of rotatable bonds is 8. The van der Waals surface area contributed by atoms with Crippen LogP contribution in [0.4, 0.5) is 4.79 Å². The van der Waals surface area contributed by atoms with Gasteiger partial charge in [0.05, 0.1) is 18.6 Å². The van der Waals surface area contributed by atoms with Crippen molar-refractivity contribution in [3.05, 3.63) is 71.8 Å². The van der Waals surface area contributed by atoms with E-state index in [0.29, 0.717) is 6.42 Å². The molecule has 30 heavy (non-hydrogen) atoms. The topological polar surface area (TPSA) is 72.9 Å². The highest BCUT2D eigenvalue weighted by atomic mass is 16.6. The van der Waals surface area contributed by atoms with Gasteiger partial charge >= 0.3 is 12.1 Å². The Balaban J connectivity index is 1.91. The van der Waals surface area contributed by atoms with Crippen molar-refractivity contribution in [2.24, 2.45) is 5.92 Å². The SMILES string of the molecule is CCOC(=O)[C@H](CC)CC(=O)N1C(=O)OC[C@H]1C(c1ccccc1)c1ccccc1. The molecule has 3 rings (SSSR count). The average Bonchev–Trinajstić information content (AvgIpc) is 3.14. The summed E-state index contributed by atoms with van der Waals surface area (Å²) >= 11 is 0. The van der Waals surface area contributed by atoms with Crippen molar-refractivity contribution in [2.45, 2.75) is 38.6 Å². The second kappa shape index (κ2) is 10.1. The van der Waals surface area contributed by atoms with Crippen molar-refractivity contribution in [3.63, 3.8) is 0 Å². The summed E-state index contributed by atoms with van der Waals surface area (Å²) in [6.45, 7) is 3.91. The van der Waals surface area contributed by atoms with E-state index in [9.17, 15) is 14.4 Å². The number of cyclic esters (lactones) is 1. The van der Waals surface area contributed by atoms with E-state index >= 15 is 0 Å². The number of esters is 1. The Kier molecular flexibility index (Phi) is 7.22. The summed E-state index contributed by atoms with van der Waals surface area (Å²) in [7, 11) is 0. The quantitative estimate of drug-likeness (QED) is 0.613. The lowest BCUT2D eigenvalue weighted by Gasteiger charge is -2.29. The van der Waals surface area contributed by atoms with Crippen molar-refractivity contribution in [3.8, 4) is 0 Å². The first-order valence-corrected chi connectivity index (χ1v) is 10.3. The Morgan fingerprint density at radius 3 is 2.10 bits per heavy atom. The molecule has 1 saturated heterocycles. The number of carbonyl (C=O) groups excluding carboxylic acids is 3. The molecule has 0 N–H and O–H groups in total. The molecule has 1 aliphatic heterocycles. The van der Waals surface area contributed by atoms with Crippen LogP contribution in [0.2, 0.25) is 0 Å². The molecule has 0 unspecified atom stereocenters. The van der Waals surface area contributed by atoms with E-state index < -0.39 is 29.9 Å². The summed E-state index contributed by atoms with van der Waals surface area (Å²) in [5.41, 5.74) is 1.98. The third kappa shape index (κ3) is 4.70. The normalized spacial score (nSPS) is 17.0. The molecule has 2 aromatic rings. The van der Waals surface area contributed by atoms with Gasteiger partial charge in [-0.3, -0.25) is 9.59 Å². The zero-order valence-electron chi connectivity index (χ0n) is 17.3. The lowest BCUT2D eigenvalue weighted by molar-refractivity contribution is -0.151. The van der Waals surface area contributed by atoms with Crippen LogP contribution in [-0.2, 0) is 19.1 Å². The van der Waals surface area contributed by atoms with Crippen molar-refractivity contribution in [1.29, 1.82) is 0 Å². The number of ether oxygens (including phenoxy) is 2. The first-order chi connectivity index (χ1) is 14.6. The van der Waals surface area contributed by atoms with Crippen LogP contribution in [0.3, 0.4) is 0 Å². The molecule has 1 aliphatic rings. The fourth-order valence-electron chi connectivity index (χ4n) is 3.89. The summed E-state index contributed by atoms with van der Waals surface area (Å²) in [5, 5.41) is 0. The van der Waals surface area contributed by atoms with Crippen molar-refractivity contribution in [1.82, 2.24) is 4.90 Å². The molecule has 0 radical (unpaired) electrons. The van der Waals surface area contributed by atoms with E-state index in [-0.39, 0.29) is 25.6 Å². The van der Waals surface area contributed by atoms with Crippen LogP contribution in [0.15, 0.2) is 60.7 Å². The minimum Gasteiger partial charge on any atom is -0.466 e. The van der Waals surface area contributed by atoms with Gasteiger partial charge in [-0.2, -0.15) is 0 Å². The summed E-state index contributed by atoms with van der Waals surface area (Å²) in [5.74, 6) is -1.65. The Bertz CT molecular complexity index is 828. The van der Waals surface area contributed by atoms with E-state index in [1.807, 2.05) is 67.6 Å². The van der Waals surface area contributed by atoms with Gasteiger partial charge < -0.3 is 9.47 Å². The van der Waals surface area contributed by atoms with Crippen molar-refractivity contribution in [2.75, 3.05) is 13.2 Å². The molecule has 6 nitrogen and oxygen atoms in total. The number of amides is 2. The largest absolute Gasteiger partial charge is 0.466 e. The predicted octanol–water partition coefficient (Wildman–Crippen LogP) is 4.15. The van der Waals surface area contributed by atoms with E-state index in [2.05, 4.69) is 0 Å². The molecular formula is C24H27NO5. The lowest BCUT2D eigenvalue weighted by Crippen LogP contribution is -2.43. The summed E-state index contributed by atoms with van der Waals surface area (Å²) in [6.07, 6.45) is -0.295. The van der Waals surface area contributed by atoms with Crippen LogP contribution >= 0.6 is 0 Å². The third-order valence-electron chi connectivity index (χ3n) is 5.41. The molecule has 0 aromatic heterocycles. The number of imide groups is 1. The highest BCUT2D eigenvalue weighted by molar-refractivity contribution is 5.95. The maximum Gasteiger partial charge on any atom is 0.417 e. The van der Waals surface area contributed by atoms with Crippen LogP contribution in [0.5, 0.6) is 0 Å². The minimum absolute atomic E-state index is 0.0861. The van der Waals surface area contributed by atoms with Gasteiger partial charge in [0, 0.05) is 12.3 Å². The van der Waals surface area contributed by atoms with Gasteiger partial charge in [-0.05, 0) is 24.5 Å². The van der Waals surface area contributed by atoms with Crippen molar-refractivity contribution >= 4 is 18.0 Å². The molecule has 6 heteroatoms. The Hall–Kier alpha value is -3.15. The molecule has 0 bridgehead atoms. The number of benzene rings is 2. The first-order valence-electron chi connectivity index (χ1n) is 10.3. The van der Waals surface area contributed by atoms with Crippen molar-refractivity contribution < 1.29 is 23.9 Å². The van der Waals surface area contributed by atoms with Crippen LogP contribution in [0.1, 0.15) is 43.7 Å². The van der Waals surface area contributed by atoms with Gasteiger partial charge in [-0.15, -0.1) is 0 Å². The molecule has 1 heterocycles. The maximum atomic E-state index is 13.1. The standard InChI is InChI=1S/C24H27NO5/c1-3-17(23(27)29-4-2)15-21(26)25-20(16-30-24(25)28)22(18-11-7-5-8-12-18)19-13-9-6-10-14-19/h5-14,17,20,22H,3-4,15-16H2,1-2H3/t17-,20+/m1/s1. The molecule has 2 aromatic carbocycles. The van der Waals surface area contributed by atoms with E-state index in [1.165, 1.54) is 4.90 Å².